The highest BCUT2D eigenvalue weighted by Gasteiger charge is 2.53. The highest BCUT2D eigenvalue weighted by Crippen LogP contribution is 2.63. The number of carboxylic acids is 1. The predicted octanol–water partition coefficient (Wildman–Crippen LogP) is 5.33. The van der Waals surface area contributed by atoms with E-state index in [9.17, 15) is 4.79 Å². The SMILES string of the molecule is O=C(O)c1ccc([C@@H]2Nc3ccc(Cl)cc3[C@H]3[C@H]4CC[C@@H](C4)[C@H]32)cc1. The number of hydrogen-bond acceptors (Lipinski definition) is 2. The molecule has 0 unspecified atom stereocenters. The molecular formula is C21H20ClNO2. The first-order valence-corrected chi connectivity index (χ1v) is 9.39. The summed E-state index contributed by atoms with van der Waals surface area (Å²) >= 11 is 6.29. The molecule has 0 radical (unpaired) electrons. The van der Waals surface area contributed by atoms with Crippen LogP contribution in [-0.4, -0.2) is 11.1 Å². The molecule has 5 atom stereocenters. The lowest BCUT2D eigenvalue weighted by atomic mass is 9.68. The van der Waals surface area contributed by atoms with E-state index in [1.807, 2.05) is 18.2 Å². The second kappa shape index (κ2) is 5.50. The maximum Gasteiger partial charge on any atom is 0.335 e. The fourth-order valence-electron chi connectivity index (χ4n) is 5.62. The van der Waals surface area contributed by atoms with Crippen molar-refractivity contribution in [3.05, 3.63) is 64.2 Å². The second-order valence-electron chi connectivity index (χ2n) is 7.72. The van der Waals surface area contributed by atoms with Crippen LogP contribution in [0.15, 0.2) is 42.5 Å². The highest BCUT2D eigenvalue weighted by molar-refractivity contribution is 6.30. The molecule has 2 bridgehead atoms. The van der Waals surface area contributed by atoms with Crippen LogP contribution in [0.2, 0.25) is 5.02 Å². The van der Waals surface area contributed by atoms with Crippen molar-refractivity contribution in [3.8, 4) is 0 Å². The fourth-order valence-corrected chi connectivity index (χ4v) is 5.80. The number of halogens is 1. The van der Waals surface area contributed by atoms with E-state index in [1.165, 1.54) is 36.1 Å². The Morgan fingerprint density at radius 2 is 1.84 bits per heavy atom. The average Bonchev–Trinajstić information content (AvgIpc) is 3.23. The van der Waals surface area contributed by atoms with Crippen LogP contribution in [0.3, 0.4) is 0 Å². The molecule has 2 N–H and O–H groups in total. The van der Waals surface area contributed by atoms with Crippen molar-refractivity contribution in [2.75, 3.05) is 5.32 Å². The molecule has 0 aromatic heterocycles. The molecule has 1 aliphatic heterocycles. The number of carboxylic acid groups (broad SMARTS) is 1. The van der Waals surface area contributed by atoms with Crippen molar-refractivity contribution < 1.29 is 9.90 Å². The van der Waals surface area contributed by atoms with Crippen LogP contribution in [-0.2, 0) is 0 Å². The lowest BCUT2D eigenvalue weighted by Gasteiger charge is -2.43. The summed E-state index contributed by atoms with van der Waals surface area (Å²) < 4.78 is 0. The molecule has 1 heterocycles. The number of hydrogen-bond donors (Lipinski definition) is 2. The number of carbonyl (C=O) groups is 1. The largest absolute Gasteiger partial charge is 0.478 e. The minimum Gasteiger partial charge on any atom is -0.478 e. The molecule has 3 nitrogen and oxygen atoms in total. The van der Waals surface area contributed by atoms with Crippen molar-refractivity contribution in [1.29, 1.82) is 0 Å². The first kappa shape index (κ1) is 15.3. The van der Waals surface area contributed by atoms with Gasteiger partial charge in [-0.05, 0) is 84.4 Å². The molecule has 4 heteroatoms. The van der Waals surface area contributed by atoms with Gasteiger partial charge < -0.3 is 10.4 Å². The Kier molecular flexibility index (Phi) is 3.36. The van der Waals surface area contributed by atoms with Crippen LogP contribution >= 0.6 is 11.6 Å². The Balaban J connectivity index is 1.58. The van der Waals surface area contributed by atoms with Gasteiger partial charge in [-0.25, -0.2) is 4.79 Å². The van der Waals surface area contributed by atoms with E-state index in [0.717, 1.165) is 16.9 Å². The van der Waals surface area contributed by atoms with Gasteiger partial charge in [0, 0.05) is 10.7 Å². The summed E-state index contributed by atoms with van der Waals surface area (Å²) in [6.45, 7) is 0. The van der Waals surface area contributed by atoms with Gasteiger partial charge >= 0.3 is 5.97 Å². The highest BCUT2D eigenvalue weighted by atomic mass is 35.5. The quantitative estimate of drug-likeness (QED) is 0.766. The summed E-state index contributed by atoms with van der Waals surface area (Å²) in [6, 6.07) is 13.8. The first-order chi connectivity index (χ1) is 12.1. The maximum atomic E-state index is 11.1. The van der Waals surface area contributed by atoms with Gasteiger partial charge in [0.2, 0.25) is 0 Å². The summed E-state index contributed by atoms with van der Waals surface area (Å²) in [4.78, 5) is 11.1. The van der Waals surface area contributed by atoms with E-state index in [1.54, 1.807) is 12.1 Å². The normalized spacial score (nSPS) is 32.0. The molecule has 3 aliphatic rings. The van der Waals surface area contributed by atoms with Gasteiger partial charge in [0.05, 0.1) is 11.6 Å². The Bertz CT molecular complexity index is 847. The van der Waals surface area contributed by atoms with Crippen molar-refractivity contribution in [2.24, 2.45) is 17.8 Å². The molecule has 5 rings (SSSR count). The zero-order valence-electron chi connectivity index (χ0n) is 13.8. The van der Waals surface area contributed by atoms with Crippen LogP contribution in [0.4, 0.5) is 5.69 Å². The van der Waals surface area contributed by atoms with Crippen LogP contribution in [0.25, 0.3) is 0 Å². The van der Waals surface area contributed by atoms with Crippen molar-refractivity contribution >= 4 is 23.3 Å². The topological polar surface area (TPSA) is 49.3 Å². The third kappa shape index (κ3) is 2.29. The smallest absolute Gasteiger partial charge is 0.335 e. The molecule has 128 valence electrons. The Morgan fingerprint density at radius 1 is 1.08 bits per heavy atom. The van der Waals surface area contributed by atoms with Crippen molar-refractivity contribution in [3.63, 3.8) is 0 Å². The van der Waals surface area contributed by atoms with E-state index in [4.69, 9.17) is 16.7 Å². The van der Waals surface area contributed by atoms with E-state index in [0.29, 0.717) is 17.4 Å². The third-order valence-corrected chi connectivity index (χ3v) is 6.80. The minimum atomic E-state index is -0.874. The van der Waals surface area contributed by atoms with Gasteiger partial charge in [0.1, 0.15) is 0 Å². The van der Waals surface area contributed by atoms with E-state index in [2.05, 4.69) is 17.4 Å². The number of rotatable bonds is 2. The lowest BCUT2D eigenvalue weighted by Crippen LogP contribution is -2.35. The van der Waals surface area contributed by atoms with E-state index in [-0.39, 0.29) is 6.04 Å². The third-order valence-electron chi connectivity index (χ3n) is 6.57. The Hall–Kier alpha value is -2.00. The summed E-state index contributed by atoms with van der Waals surface area (Å²) in [6.07, 6.45) is 3.95. The molecular weight excluding hydrogens is 334 g/mol. The number of anilines is 1. The monoisotopic (exact) mass is 353 g/mol. The van der Waals surface area contributed by atoms with Crippen LogP contribution in [0.1, 0.15) is 52.7 Å². The number of aromatic carboxylic acids is 1. The average molecular weight is 354 g/mol. The first-order valence-electron chi connectivity index (χ1n) is 9.01. The van der Waals surface area contributed by atoms with Gasteiger partial charge in [0.25, 0.3) is 0 Å². The minimum absolute atomic E-state index is 0.247. The molecule has 2 fully saturated rings. The molecule has 2 aliphatic carbocycles. The van der Waals surface area contributed by atoms with Gasteiger partial charge in [-0.3, -0.25) is 0 Å². The number of benzene rings is 2. The van der Waals surface area contributed by atoms with Gasteiger partial charge in [-0.2, -0.15) is 0 Å². The fraction of sp³-hybridized carbons (Fsp3) is 0.381. The Labute approximate surface area is 152 Å². The van der Waals surface area contributed by atoms with Crippen LogP contribution in [0.5, 0.6) is 0 Å². The summed E-state index contributed by atoms with van der Waals surface area (Å²) in [5.74, 6) is 1.77. The zero-order valence-corrected chi connectivity index (χ0v) is 14.5. The molecule has 0 spiro atoms. The van der Waals surface area contributed by atoms with E-state index >= 15 is 0 Å². The molecule has 0 amide bonds. The van der Waals surface area contributed by atoms with Crippen LogP contribution in [0, 0.1) is 17.8 Å². The standard InChI is InChI=1S/C21H20ClNO2/c22-15-7-8-17-16(10-15)18-13-5-6-14(9-13)19(18)20(23-17)11-1-3-12(4-2-11)21(24)25/h1-4,7-8,10,13-14,18-20,23H,5-6,9H2,(H,24,25)/t13-,14-,18+,19+,20-/m0/s1. The Morgan fingerprint density at radius 3 is 2.60 bits per heavy atom. The second-order valence-corrected chi connectivity index (χ2v) is 8.15. The number of fused-ring (bicyclic) bond motifs is 7. The molecule has 0 saturated heterocycles. The zero-order chi connectivity index (χ0) is 17.1. The molecule has 2 aromatic carbocycles. The predicted molar refractivity (Wildman–Crippen MR) is 98.3 cm³/mol. The van der Waals surface area contributed by atoms with Gasteiger partial charge in [-0.1, -0.05) is 23.7 Å². The maximum absolute atomic E-state index is 11.1. The molecule has 2 aromatic rings. The van der Waals surface area contributed by atoms with Crippen LogP contribution < -0.4 is 5.32 Å². The molecule has 2 saturated carbocycles. The number of nitrogens with one attached hydrogen (secondary N) is 1. The summed E-state index contributed by atoms with van der Waals surface area (Å²) in [7, 11) is 0. The van der Waals surface area contributed by atoms with Crippen molar-refractivity contribution in [2.45, 2.75) is 31.2 Å². The molecule has 25 heavy (non-hydrogen) atoms. The summed E-state index contributed by atoms with van der Waals surface area (Å²) in [5, 5.41) is 13.7. The summed E-state index contributed by atoms with van der Waals surface area (Å²) in [5.41, 5.74) is 4.10. The van der Waals surface area contributed by atoms with Gasteiger partial charge in [-0.15, -0.1) is 0 Å². The van der Waals surface area contributed by atoms with Crippen molar-refractivity contribution in [1.82, 2.24) is 0 Å². The van der Waals surface area contributed by atoms with Gasteiger partial charge in [0.15, 0.2) is 0 Å². The lowest BCUT2D eigenvalue weighted by molar-refractivity contribution is 0.0697. The van der Waals surface area contributed by atoms with E-state index < -0.39 is 5.97 Å².